The Balaban J connectivity index is 1.69. The van der Waals surface area contributed by atoms with Crippen LogP contribution in [0.1, 0.15) is 5.82 Å². The van der Waals surface area contributed by atoms with Gasteiger partial charge >= 0.3 is 0 Å². The van der Waals surface area contributed by atoms with E-state index in [9.17, 15) is 0 Å². The van der Waals surface area contributed by atoms with Crippen molar-refractivity contribution in [2.75, 3.05) is 30.1 Å². The van der Waals surface area contributed by atoms with Crippen LogP contribution in [0, 0.1) is 0 Å². The highest BCUT2D eigenvalue weighted by Gasteiger charge is 2.18. The number of nitrogens with zero attached hydrogens (tertiary/aromatic N) is 2. The number of nitrogens with one attached hydrogen (secondary N) is 1. The molecule has 0 saturated carbocycles. The van der Waals surface area contributed by atoms with Gasteiger partial charge in [-0.15, -0.1) is 0 Å². The van der Waals surface area contributed by atoms with Crippen LogP contribution >= 0.6 is 23.5 Å². The van der Waals surface area contributed by atoms with Gasteiger partial charge in [0.1, 0.15) is 5.82 Å². The average Bonchev–Trinajstić information content (AvgIpc) is 2.63. The van der Waals surface area contributed by atoms with Gasteiger partial charge in [-0.05, 0) is 19.2 Å². The van der Waals surface area contributed by atoms with Crippen LogP contribution in [-0.2, 0) is 6.54 Å². The molecular weight excluding hydrogens is 274 g/mol. The number of imidazole rings is 1. The third kappa shape index (κ3) is 3.27. The number of thioether (sulfide) groups is 2. The molecule has 0 radical (unpaired) electrons. The molecule has 3 rings (SSSR count). The fourth-order valence-electron chi connectivity index (χ4n) is 2.31. The molecule has 5 heteroatoms. The van der Waals surface area contributed by atoms with Crippen molar-refractivity contribution in [3.05, 3.63) is 30.1 Å². The minimum absolute atomic E-state index is 0.658. The van der Waals surface area contributed by atoms with Crippen molar-refractivity contribution in [1.82, 2.24) is 14.9 Å². The lowest BCUT2D eigenvalue weighted by atomic mass is 10.3. The molecule has 1 aliphatic heterocycles. The van der Waals surface area contributed by atoms with E-state index in [0.29, 0.717) is 6.04 Å². The summed E-state index contributed by atoms with van der Waals surface area (Å²) in [6, 6.07) is 8.89. The Morgan fingerprint density at radius 2 is 2.00 bits per heavy atom. The number of para-hydroxylation sites is 2. The summed E-state index contributed by atoms with van der Waals surface area (Å²) < 4.78 is 0. The lowest BCUT2D eigenvalue weighted by Crippen LogP contribution is -2.35. The molecule has 0 bridgehead atoms. The molecule has 1 N–H and O–H groups in total. The largest absolute Gasteiger partial charge is 0.341 e. The third-order valence-corrected chi connectivity index (χ3v) is 5.94. The Morgan fingerprint density at radius 1 is 1.26 bits per heavy atom. The summed E-state index contributed by atoms with van der Waals surface area (Å²) in [5, 5.41) is 0. The lowest BCUT2D eigenvalue weighted by Gasteiger charge is -2.25. The molecule has 2 aromatic rings. The molecular formula is C14H19N3S2. The Morgan fingerprint density at radius 3 is 2.74 bits per heavy atom. The number of H-pyrrole nitrogens is 1. The molecule has 1 aromatic carbocycles. The highest BCUT2D eigenvalue weighted by Crippen LogP contribution is 2.21. The van der Waals surface area contributed by atoms with E-state index in [1.165, 1.54) is 23.0 Å². The van der Waals surface area contributed by atoms with Gasteiger partial charge in [0.25, 0.3) is 0 Å². The van der Waals surface area contributed by atoms with Gasteiger partial charge in [0.2, 0.25) is 0 Å². The fourth-order valence-corrected chi connectivity index (χ4v) is 5.02. The Hall–Kier alpha value is -0.650. The van der Waals surface area contributed by atoms with Crippen molar-refractivity contribution in [1.29, 1.82) is 0 Å². The second kappa shape index (κ2) is 6.20. The SMILES string of the molecule is CN(Cc1nc2ccccc2[nH]1)C1CSCCSC1. The van der Waals surface area contributed by atoms with Crippen molar-refractivity contribution >= 4 is 34.6 Å². The van der Waals surface area contributed by atoms with Crippen LogP contribution in [0.5, 0.6) is 0 Å². The van der Waals surface area contributed by atoms with Crippen LogP contribution in [0.15, 0.2) is 24.3 Å². The molecule has 102 valence electrons. The Labute approximate surface area is 122 Å². The van der Waals surface area contributed by atoms with Crippen molar-refractivity contribution in [2.45, 2.75) is 12.6 Å². The van der Waals surface area contributed by atoms with Gasteiger partial charge in [-0.3, -0.25) is 4.90 Å². The van der Waals surface area contributed by atoms with Crippen LogP contribution in [0.3, 0.4) is 0 Å². The molecule has 0 unspecified atom stereocenters. The van der Waals surface area contributed by atoms with Gasteiger partial charge in [-0.25, -0.2) is 4.98 Å². The van der Waals surface area contributed by atoms with Gasteiger partial charge < -0.3 is 4.98 Å². The summed E-state index contributed by atoms with van der Waals surface area (Å²) in [6.07, 6.45) is 0. The first kappa shape index (κ1) is 13.3. The highest BCUT2D eigenvalue weighted by atomic mass is 32.2. The molecule has 0 spiro atoms. The first-order valence-corrected chi connectivity index (χ1v) is 8.93. The maximum atomic E-state index is 4.66. The quantitative estimate of drug-likeness (QED) is 0.943. The Kier molecular flexibility index (Phi) is 4.35. The zero-order valence-corrected chi connectivity index (χ0v) is 12.8. The predicted molar refractivity (Wildman–Crippen MR) is 86.0 cm³/mol. The second-order valence-electron chi connectivity index (χ2n) is 4.92. The van der Waals surface area contributed by atoms with E-state index in [1.54, 1.807) is 0 Å². The van der Waals surface area contributed by atoms with Gasteiger partial charge in [0.05, 0.1) is 17.6 Å². The summed E-state index contributed by atoms with van der Waals surface area (Å²) in [5.41, 5.74) is 2.20. The molecule has 3 nitrogen and oxygen atoms in total. The van der Waals surface area contributed by atoms with Crippen molar-refractivity contribution in [3.8, 4) is 0 Å². The minimum atomic E-state index is 0.658. The summed E-state index contributed by atoms with van der Waals surface area (Å²) in [5.74, 6) is 6.13. The molecule has 19 heavy (non-hydrogen) atoms. The highest BCUT2D eigenvalue weighted by molar-refractivity contribution is 8.03. The van der Waals surface area contributed by atoms with Crippen LogP contribution in [0.2, 0.25) is 0 Å². The fraction of sp³-hybridized carbons (Fsp3) is 0.500. The first-order valence-electron chi connectivity index (χ1n) is 6.62. The zero-order chi connectivity index (χ0) is 13.1. The maximum absolute atomic E-state index is 4.66. The van der Waals surface area contributed by atoms with Gasteiger partial charge in [-0.2, -0.15) is 23.5 Å². The van der Waals surface area contributed by atoms with Gasteiger partial charge in [-0.1, -0.05) is 12.1 Å². The van der Waals surface area contributed by atoms with E-state index in [0.717, 1.165) is 23.4 Å². The topological polar surface area (TPSA) is 31.9 Å². The van der Waals surface area contributed by atoms with E-state index in [-0.39, 0.29) is 0 Å². The molecule has 0 atom stereocenters. The van der Waals surface area contributed by atoms with E-state index in [1.807, 2.05) is 12.1 Å². The molecule has 2 heterocycles. The van der Waals surface area contributed by atoms with Crippen molar-refractivity contribution in [2.24, 2.45) is 0 Å². The number of benzene rings is 1. The second-order valence-corrected chi connectivity index (χ2v) is 7.22. The third-order valence-electron chi connectivity index (χ3n) is 3.45. The van der Waals surface area contributed by atoms with E-state index < -0.39 is 0 Å². The van der Waals surface area contributed by atoms with E-state index in [2.05, 4.69) is 57.6 Å². The van der Waals surface area contributed by atoms with Crippen LogP contribution in [0.4, 0.5) is 0 Å². The molecule has 1 aromatic heterocycles. The minimum Gasteiger partial charge on any atom is -0.341 e. The number of aromatic amines is 1. The van der Waals surface area contributed by atoms with Gasteiger partial charge in [0.15, 0.2) is 0 Å². The van der Waals surface area contributed by atoms with Crippen molar-refractivity contribution in [3.63, 3.8) is 0 Å². The molecule has 1 fully saturated rings. The molecule has 1 saturated heterocycles. The smallest absolute Gasteiger partial charge is 0.121 e. The van der Waals surface area contributed by atoms with E-state index >= 15 is 0 Å². The van der Waals surface area contributed by atoms with Crippen LogP contribution in [-0.4, -0.2) is 51.0 Å². The lowest BCUT2D eigenvalue weighted by molar-refractivity contribution is 0.268. The monoisotopic (exact) mass is 293 g/mol. The summed E-state index contributed by atoms with van der Waals surface area (Å²) >= 11 is 4.15. The molecule has 0 amide bonds. The summed E-state index contributed by atoms with van der Waals surface area (Å²) in [6.45, 7) is 0.903. The van der Waals surface area contributed by atoms with Crippen LogP contribution < -0.4 is 0 Å². The number of aromatic nitrogens is 2. The average molecular weight is 293 g/mol. The number of hydrogen-bond acceptors (Lipinski definition) is 4. The zero-order valence-electron chi connectivity index (χ0n) is 11.1. The van der Waals surface area contributed by atoms with Crippen LogP contribution in [0.25, 0.3) is 11.0 Å². The molecule has 1 aliphatic rings. The normalized spacial score (nSPS) is 18.0. The van der Waals surface area contributed by atoms with E-state index in [4.69, 9.17) is 0 Å². The standard InChI is InChI=1S/C14H19N3S2/c1-17(11-9-18-6-7-19-10-11)8-14-15-12-4-2-3-5-13(12)16-14/h2-5,11H,6-10H2,1H3,(H,15,16). The predicted octanol–water partition coefficient (Wildman–Crippen LogP) is 2.84. The number of fused-ring (bicyclic) bond motifs is 1. The summed E-state index contributed by atoms with van der Waals surface area (Å²) in [4.78, 5) is 10.5. The number of hydrogen-bond donors (Lipinski definition) is 1. The van der Waals surface area contributed by atoms with Gasteiger partial charge in [0, 0.05) is 29.1 Å². The Bertz CT molecular complexity index is 499. The number of rotatable bonds is 3. The first-order chi connectivity index (χ1) is 9.33. The maximum Gasteiger partial charge on any atom is 0.121 e. The van der Waals surface area contributed by atoms with Crippen molar-refractivity contribution < 1.29 is 0 Å². The summed E-state index contributed by atoms with van der Waals surface area (Å²) in [7, 11) is 2.21. The molecule has 0 aliphatic carbocycles.